The van der Waals surface area contributed by atoms with Gasteiger partial charge >= 0.3 is 0 Å². The maximum Gasteiger partial charge on any atom is 0.154 e. The number of hydrogen-bond acceptors (Lipinski definition) is 0. The lowest BCUT2D eigenvalue weighted by atomic mass is 10.2. The van der Waals surface area contributed by atoms with Gasteiger partial charge in [0.1, 0.15) is 0 Å². The third-order valence-electron chi connectivity index (χ3n) is 4.54. The number of rotatable bonds is 0. The zero-order chi connectivity index (χ0) is 16.5. The average Bonchev–Trinajstić information content (AvgIpc) is 2.25. The van der Waals surface area contributed by atoms with Gasteiger partial charge in [0, 0.05) is 5.56 Å². The minimum absolute atomic E-state index is 0.227. The topological polar surface area (TPSA) is 0 Å². The first kappa shape index (κ1) is 18.0. The normalized spacial score (nSPS) is 13.6. The van der Waals surface area contributed by atoms with Crippen LogP contribution >= 0.6 is 0 Å². The van der Waals surface area contributed by atoms with E-state index in [9.17, 15) is 0 Å². The molecule has 0 saturated carbocycles. The molecule has 0 heterocycles. The van der Waals surface area contributed by atoms with Gasteiger partial charge in [0.15, 0.2) is 8.07 Å². The minimum atomic E-state index is -1.94. The highest BCUT2D eigenvalue weighted by molar-refractivity contribution is 6.94. The molecule has 1 rings (SSSR count). The van der Waals surface area contributed by atoms with Crippen molar-refractivity contribution in [2.75, 3.05) is 0 Å². The highest BCUT2D eigenvalue weighted by Gasteiger charge is 2.59. The predicted octanol–water partition coefficient (Wildman–Crippen LogP) is 6.43. The molecule has 0 aromatic heterocycles. The van der Waals surface area contributed by atoms with Crippen molar-refractivity contribution < 1.29 is 0 Å². The summed E-state index contributed by atoms with van der Waals surface area (Å²) in [6.45, 7) is 21.5. The van der Waals surface area contributed by atoms with E-state index in [0.717, 1.165) is 5.56 Å². The Hall–Kier alpha value is -1.00. The van der Waals surface area contributed by atoms with Gasteiger partial charge in [-0.3, -0.25) is 0 Å². The molecular formula is C20H32Si. The van der Waals surface area contributed by atoms with E-state index in [1.54, 1.807) is 0 Å². The molecule has 0 radical (unpaired) electrons. The second-order valence-electron chi connectivity index (χ2n) is 9.12. The van der Waals surface area contributed by atoms with Crippen molar-refractivity contribution in [2.45, 2.75) is 77.4 Å². The molecule has 0 N–H and O–H groups in total. The van der Waals surface area contributed by atoms with Crippen LogP contribution in [0.5, 0.6) is 0 Å². The lowest BCUT2D eigenvalue weighted by Gasteiger charge is -2.55. The summed E-state index contributed by atoms with van der Waals surface area (Å²) in [5.41, 5.74) is 4.99. The quantitative estimate of drug-likeness (QED) is 0.383. The molecule has 1 aromatic carbocycles. The molecule has 0 bridgehead atoms. The molecule has 0 atom stereocenters. The van der Waals surface area contributed by atoms with Crippen LogP contribution in [0.3, 0.4) is 0 Å². The fraction of sp³-hybridized carbons (Fsp3) is 0.600. The van der Waals surface area contributed by atoms with Crippen LogP contribution in [-0.2, 0) is 0 Å². The lowest BCUT2D eigenvalue weighted by Crippen LogP contribution is -2.57. The van der Waals surface area contributed by atoms with Crippen molar-refractivity contribution in [2.24, 2.45) is 0 Å². The van der Waals surface area contributed by atoms with E-state index in [1.165, 1.54) is 0 Å². The minimum Gasteiger partial charge on any atom is -0.124 e. The molecule has 0 spiro atoms. The van der Waals surface area contributed by atoms with E-state index in [2.05, 4.69) is 98.0 Å². The van der Waals surface area contributed by atoms with Crippen molar-refractivity contribution in [3.8, 4) is 11.5 Å². The van der Waals surface area contributed by atoms with Crippen molar-refractivity contribution >= 4 is 8.07 Å². The molecule has 0 aliphatic carbocycles. The molecule has 0 aliphatic rings. The maximum atomic E-state index is 3.86. The van der Waals surface area contributed by atoms with Crippen LogP contribution in [-0.4, -0.2) is 8.07 Å². The van der Waals surface area contributed by atoms with Gasteiger partial charge < -0.3 is 0 Å². The highest BCUT2D eigenvalue weighted by Crippen LogP contribution is 2.61. The Kier molecular flexibility index (Phi) is 4.86. The number of hydrogen-bond donors (Lipinski definition) is 0. The second-order valence-corrected chi connectivity index (χ2v) is 15.4. The molecule has 0 amide bonds. The first-order valence-electron chi connectivity index (χ1n) is 7.91. The van der Waals surface area contributed by atoms with Crippen LogP contribution in [0, 0.1) is 11.5 Å². The lowest BCUT2D eigenvalue weighted by molar-refractivity contribution is 0.549. The predicted molar refractivity (Wildman–Crippen MR) is 98.2 cm³/mol. The molecule has 0 aliphatic heterocycles. The third kappa shape index (κ3) is 3.43. The van der Waals surface area contributed by atoms with Crippen LogP contribution in [0.1, 0.15) is 67.9 Å². The van der Waals surface area contributed by atoms with Crippen LogP contribution in [0.25, 0.3) is 0 Å². The Bertz CT molecular complexity index is 486. The van der Waals surface area contributed by atoms with Gasteiger partial charge in [0.2, 0.25) is 0 Å². The van der Waals surface area contributed by atoms with Crippen LogP contribution in [0.15, 0.2) is 30.3 Å². The van der Waals surface area contributed by atoms with Crippen molar-refractivity contribution in [3.05, 3.63) is 35.9 Å². The van der Waals surface area contributed by atoms with E-state index in [1.807, 2.05) is 6.07 Å². The van der Waals surface area contributed by atoms with E-state index in [0.29, 0.717) is 0 Å². The summed E-state index contributed by atoms with van der Waals surface area (Å²) in [6, 6.07) is 10.4. The Morgan fingerprint density at radius 1 is 0.667 bits per heavy atom. The van der Waals surface area contributed by atoms with Gasteiger partial charge in [-0.25, -0.2) is 0 Å². The summed E-state index contributed by atoms with van der Waals surface area (Å²) in [6.07, 6.45) is 0. The Morgan fingerprint density at radius 2 is 1.05 bits per heavy atom. The zero-order valence-electron chi connectivity index (χ0n) is 15.4. The Balaban J connectivity index is 3.58. The van der Waals surface area contributed by atoms with Crippen molar-refractivity contribution in [1.82, 2.24) is 0 Å². The fourth-order valence-electron chi connectivity index (χ4n) is 4.62. The molecule has 0 nitrogen and oxygen atoms in total. The van der Waals surface area contributed by atoms with Crippen molar-refractivity contribution in [3.63, 3.8) is 0 Å². The highest BCUT2D eigenvalue weighted by atomic mass is 28.3. The van der Waals surface area contributed by atoms with Gasteiger partial charge in [0.05, 0.1) is 0 Å². The molecule has 1 heteroatoms. The molecular weight excluding hydrogens is 268 g/mol. The van der Waals surface area contributed by atoms with Gasteiger partial charge in [-0.05, 0) is 27.2 Å². The van der Waals surface area contributed by atoms with Crippen LogP contribution in [0.2, 0.25) is 15.1 Å². The third-order valence-corrected chi connectivity index (χ3v) is 11.8. The maximum absolute atomic E-state index is 3.86. The molecule has 21 heavy (non-hydrogen) atoms. The summed E-state index contributed by atoms with van der Waals surface area (Å²) in [4.78, 5) is 0. The van der Waals surface area contributed by atoms with Crippen molar-refractivity contribution in [1.29, 1.82) is 0 Å². The second kappa shape index (κ2) is 5.65. The molecule has 116 valence electrons. The van der Waals surface area contributed by atoms with Gasteiger partial charge in [0.25, 0.3) is 0 Å². The van der Waals surface area contributed by atoms with Gasteiger partial charge in [-0.15, -0.1) is 5.54 Å². The van der Waals surface area contributed by atoms with E-state index < -0.39 is 8.07 Å². The van der Waals surface area contributed by atoms with Gasteiger partial charge in [-0.1, -0.05) is 86.4 Å². The van der Waals surface area contributed by atoms with Crippen LogP contribution < -0.4 is 0 Å². The molecule has 0 fully saturated rings. The largest absolute Gasteiger partial charge is 0.154 e. The molecule has 1 aromatic rings. The zero-order valence-corrected chi connectivity index (χ0v) is 16.4. The molecule has 0 saturated heterocycles. The summed E-state index contributed by atoms with van der Waals surface area (Å²) in [7, 11) is -1.94. The summed E-state index contributed by atoms with van der Waals surface area (Å²) >= 11 is 0. The first-order chi connectivity index (χ1) is 9.33. The van der Waals surface area contributed by atoms with E-state index in [4.69, 9.17) is 0 Å². The van der Waals surface area contributed by atoms with E-state index in [-0.39, 0.29) is 15.1 Å². The van der Waals surface area contributed by atoms with Crippen LogP contribution in [0.4, 0.5) is 0 Å². The summed E-state index contributed by atoms with van der Waals surface area (Å²) < 4.78 is 0. The standard InChI is InChI=1S/C20H32Si/c1-18(2,3)21(19(4,5)6,20(7,8)9)16-15-17-13-11-10-12-14-17/h10-14H,1-9H3. The fourth-order valence-corrected chi connectivity index (χ4v) is 12.8. The smallest absolute Gasteiger partial charge is 0.124 e. The molecule has 0 unspecified atom stereocenters. The monoisotopic (exact) mass is 300 g/mol. The Labute approximate surface area is 133 Å². The first-order valence-corrected chi connectivity index (χ1v) is 9.91. The van der Waals surface area contributed by atoms with E-state index >= 15 is 0 Å². The summed E-state index contributed by atoms with van der Waals surface area (Å²) in [5.74, 6) is 3.52. The van der Waals surface area contributed by atoms with Gasteiger partial charge in [-0.2, -0.15) is 0 Å². The SMILES string of the molecule is CC(C)(C)[Si](C#Cc1ccccc1)(C(C)(C)C)C(C)(C)C. The number of benzene rings is 1. The average molecular weight is 301 g/mol. The summed E-state index contributed by atoms with van der Waals surface area (Å²) in [5, 5.41) is 0.682. The Morgan fingerprint density at radius 3 is 1.38 bits per heavy atom.